The molecular formula is C14H11N3O2S. The summed E-state index contributed by atoms with van der Waals surface area (Å²) in [5.74, 6) is -0.359. The first kappa shape index (κ1) is 12.6. The number of cyclic esters (lactones) is 1. The number of benzene rings is 1. The molecule has 0 saturated heterocycles. The third-order valence-corrected chi connectivity index (χ3v) is 2.99. The Balaban J connectivity index is 1.71. The molecule has 20 heavy (non-hydrogen) atoms. The first-order valence-electron chi connectivity index (χ1n) is 6.01. The van der Waals surface area contributed by atoms with Gasteiger partial charge in [-0.15, -0.1) is 0 Å². The second-order valence-electron chi connectivity index (χ2n) is 4.27. The largest absolute Gasteiger partial charge is 0.456 e. The van der Waals surface area contributed by atoms with E-state index in [2.05, 4.69) is 15.6 Å². The van der Waals surface area contributed by atoms with Crippen molar-refractivity contribution in [2.24, 2.45) is 0 Å². The van der Waals surface area contributed by atoms with Crippen molar-refractivity contribution in [3.63, 3.8) is 0 Å². The van der Waals surface area contributed by atoms with Crippen molar-refractivity contribution in [1.29, 1.82) is 0 Å². The first-order valence-corrected chi connectivity index (χ1v) is 6.42. The molecule has 6 heteroatoms. The molecular weight excluding hydrogens is 274 g/mol. The van der Waals surface area contributed by atoms with Gasteiger partial charge in [0.1, 0.15) is 6.61 Å². The second kappa shape index (κ2) is 5.26. The zero-order valence-corrected chi connectivity index (χ0v) is 11.2. The van der Waals surface area contributed by atoms with Crippen LogP contribution >= 0.6 is 12.2 Å². The zero-order valence-electron chi connectivity index (χ0n) is 10.4. The van der Waals surface area contributed by atoms with Gasteiger partial charge in [0.25, 0.3) is 0 Å². The molecule has 0 spiro atoms. The molecule has 0 atom stereocenters. The molecule has 1 aliphatic heterocycles. The number of aromatic nitrogens is 1. The maximum absolute atomic E-state index is 10.9. The SMILES string of the molecule is O=C1C=C(NC(=S)Nc2cnc3ccccc3c2)CO1. The lowest BCUT2D eigenvalue weighted by Crippen LogP contribution is -2.28. The minimum absolute atomic E-state index is 0.219. The number of hydrogen-bond donors (Lipinski definition) is 2. The maximum atomic E-state index is 10.9. The van der Waals surface area contributed by atoms with Crippen molar-refractivity contribution in [2.75, 3.05) is 11.9 Å². The smallest absolute Gasteiger partial charge is 0.333 e. The van der Waals surface area contributed by atoms with Gasteiger partial charge in [-0.05, 0) is 24.4 Å². The van der Waals surface area contributed by atoms with Crippen molar-refractivity contribution in [1.82, 2.24) is 10.3 Å². The molecule has 0 unspecified atom stereocenters. The summed E-state index contributed by atoms with van der Waals surface area (Å²) in [5, 5.41) is 7.36. The van der Waals surface area contributed by atoms with Gasteiger partial charge in [0, 0.05) is 11.5 Å². The number of carbonyl (C=O) groups is 1. The van der Waals surface area contributed by atoms with Crippen LogP contribution < -0.4 is 10.6 Å². The summed E-state index contributed by atoms with van der Waals surface area (Å²) in [4.78, 5) is 15.3. The molecule has 5 nitrogen and oxygen atoms in total. The highest BCUT2D eigenvalue weighted by Crippen LogP contribution is 2.16. The number of nitrogens with zero attached hydrogens (tertiary/aromatic N) is 1. The molecule has 100 valence electrons. The molecule has 0 aliphatic carbocycles. The summed E-state index contributed by atoms with van der Waals surface area (Å²) >= 11 is 5.18. The quantitative estimate of drug-likeness (QED) is 0.649. The third kappa shape index (κ3) is 2.75. The molecule has 2 heterocycles. The molecule has 0 radical (unpaired) electrons. The van der Waals surface area contributed by atoms with Gasteiger partial charge in [-0.2, -0.15) is 0 Å². The van der Waals surface area contributed by atoms with Gasteiger partial charge in [0.05, 0.1) is 23.1 Å². The van der Waals surface area contributed by atoms with Gasteiger partial charge in [-0.1, -0.05) is 18.2 Å². The van der Waals surface area contributed by atoms with Crippen molar-refractivity contribution < 1.29 is 9.53 Å². The molecule has 1 aromatic heterocycles. The van der Waals surface area contributed by atoms with E-state index in [9.17, 15) is 4.79 Å². The number of rotatable bonds is 2. The van der Waals surface area contributed by atoms with Crippen LogP contribution in [0.3, 0.4) is 0 Å². The summed E-state index contributed by atoms with van der Waals surface area (Å²) in [7, 11) is 0. The summed E-state index contributed by atoms with van der Waals surface area (Å²) in [6.45, 7) is 0.219. The number of fused-ring (bicyclic) bond motifs is 1. The standard InChI is InChI=1S/C14H11N3O2S/c18-13-6-11(8-19-13)17-14(20)16-10-5-9-3-1-2-4-12(9)15-7-10/h1-7H,8H2,(H2,16,17,20). The minimum atomic E-state index is -0.359. The Morgan fingerprint density at radius 1 is 1.30 bits per heavy atom. The second-order valence-corrected chi connectivity index (χ2v) is 4.68. The number of anilines is 1. The monoisotopic (exact) mass is 285 g/mol. The molecule has 2 N–H and O–H groups in total. The predicted octanol–water partition coefficient (Wildman–Crippen LogP) is 1.96. The first-order chi connectivity index (χ1) is 9.70. The van der Waals surface area contributed by atoms with Gasteiger partial charge in [-0.25, -0.2) is 4.79 Å². The number of pyridine rings is 1. The van der Waals surface area contributed by atoms with Crippen molar-refractivity contribution in [2.45, 2.75) is 0 Å². The summed E-state index contributed by atoms with van der Waals surface area (Å²) in [6.07, 6.45) is 3.09. The van der Waals surface area contributed by atoms with E-state index in [0.29, 0.717) is 10.8 Å². The van der Waals surface area contributed by atoms with E-state index in [1.165, 1.54) is 6.08 Å². The van der Waals surface area contributed by atoms with Crippen molar-refractivity contribution in [3.05, 3.63) is 48.3 Å². The molecule has 0 bridgehead atoms. The average molecular weight is 285 g/mol. The Kier molecular flexibility index (Phi) is 3.30. The van der Waals surface area contributed by atoms with Crippen LogP contribution in [-0.4, -0.2) is 22.7 Å². The number of nitrogens with one attached hydrogen (secondary N) is 2. The van der Waals surface area contributed by atoms with E-state index in [4.69, 9.17) is 17.0 Å². The van der Waals surface area contributed by atoms with Gasteiger partial charge in [0.2, 0.25) is 0 Å². The van der Waals surface area contributed by atoms with Gasteiger partial charge in [-0.3, -0.25) is 4.98 Å². The van der Waals surface area contributed by atoms with Gasteiger partial charge >= 0.3 is 5.97 Å². The normalized spacial score (nSPS) is 13.8. The van der Waals surface area contributed by atoms with Crippen molar-refractivity contribution >= 4 is 39.9 Å². The minimum Gasteiger partial charge on any atom is -0.456 e. The number of thiocarbonyl (C=S) groups is 1. The van der Waals surface area contributed by atoms with Gasteiger partial charge < -0.3 is 15.4 Å². The molecule has 2 aromatic rings. The highest BCUT2D eigenvalue weighted by Gasteiger charge is 2.13. The predicted molar refractivity (Wildman–Crippen MR) is 80.1 cm³/mol. The lowest BCUT2D eigenvalue weighted by molar-refractivity contribution is -0.134. The van der Waals surface area contributed by atoms with Crippen LogP contribution in [0.4, 0.5) is 5.69 Å². The fourth-order valence-electron chi connectivity index (χ4n) is 1.89. The van der Waals surface area contributed by atoms with Crippen molar-refractivity contribution in [3.8, 4) is 0 Å². The molecule has 3 rings (SSSR count). The van der Waals surface area contributed by atoms with Crippen LogP contribution in [0.15, 0.2) is 48.3 Å². The Bertz CT molecular complexity index is 727. The van der Waals surface area contributed by atoms with E-state index < -0.39 is 0 Å². The fourth-order valence-corrected chi connectivity index (χ4v) is 2.14. The van der Waals surface area contributed by atoms with Crippen LogP contribution in [0, 0.1) is 0 Å². The molecule has 0 amide bonds. The summed E-state index contributed by atoms with van der Waals surface area (Å²) in [6, 6.07) is 9.79. The zero-order chi connectivity index (χ0) is 13.9. The van der Waals surface area contributed by atoms with Crippen LogP contribution in [0.25, 0.3) is 10.9 Å². The number of esters is 1. The van der Waals surface area contributed by atoms with Crippen LogP contribution in [0.5, 0.6) is 0 Å². The van der Waals surface area contributed by atoms with E-state index >= 15 is 0 Å². The Morgan fingerprint density at radius 2 is 2.15 bits per heavy atom. The Morgan fingerprint density at radius 3 is 2.95 bits per heavy atom. The maximum Gasteiger partial charge on any atom is 0.333 e. The summed E-state index contributed by atoms with van der Waals surface area (Å²) < 4.78 is 4.78. The number of para-hydroxylation sites is 1. The fraction of sp³-hybridized carbons (Fsp3) is 0.0714. The Labute approximate surface area is 120 Å². The number of ether oxygens (including phenoxy) is 1. The Hall–Kier alpha value is -2.47. The lowest BCUT2D eigenvalue weighted by Gasteiger charge is -2.10. The molecule has 0 saturated carbocycles. The topological polar surface area (TPSA) is 63.2 Å². The average Bonchev–Trinajstić information content (AvgIpc) is 2.83. The van der Waals surface area contributed by atoms with E-state index in [0.717, 1.165) is 16.6 Å². The molecule has 1 aliphatic rings. The van der Waals surface area contributed by atoms with E-state index in [1.54, 1.807) is 6.20 Å². The third-order valence-electron chi connectivity index (χ3n) is 2.78. The van der Waals surface area contributed by atoms with Crippen LogP contribution in [0.2, 0.25) is 0 Å². The molecule has 0 fully saturated rings. The molecule has 1 aromatic carbocycles. The van der Waals surface area contributed by atoms with E-state index in [1.807, 2.05) is 30.3 Å². The number of carbonyl (C=O) groups excluding carboxylic acids is 1. The van der Waals surface area contributed by atoms with E-state index in [-0.39, 0.29) is 12.6 Å². The number of hydrogen-bond acceptors (Lipinski definition) is 4. The highest BCUT2D eigenvalue weighted by molar-refractivity contribution is 7.80. The van der Waals surface area contributed by atoms with Crippen LogP contribution in [0.1, 0.15) is 0 Å². The lowest BCUT2D eigenvalue weighted by atomic mass is 10.2. The van der Waals surface area contributed by atoms with Crippen LogP contribution in [-0.2, 0) is 9.53 Å². The highest BCUT2D eigenvalue weighted by atomic mass is 32.1. The van der Waals surface area contributed by atoms with Gasteiger partial charge in [0.15, 0.2) is 5.11 Å². The summed E-state index contributed by atoms with van der Waals surface area (Å²) in [5.41, 5.74) is 2.35.